The van der Waals surface area contributed by atoms with Crippen LogP contribution in [-0.2, 0) is 4.74 Å². The number of nitrogens with zero attached hydrogens (tertiary/aromatic N) is 1. The van der Waals surface area contributed by atoms with Gasteiger partial charge in [-0.25, -0.2) is 4.98 Å². The molecule has 118 valence electrons. The second-order valence-electron chi connectivity index (χ2n) is 6.90. The Balaban J connectivity index is 2.03. The van der Waals surface area contributed by atoms with Crippen molar-refractivity contribution in [1.29, 1.82) is 0 Å². The third kappa shape index (κ3) is 3.64. The van der Waals surface area contributed by atoms with Gasteiger partial charge in [0, 0.05) is 18.1 Å². The number of hydrogen-bond acceptors (Lipinski definition) is 3. The van der Waals surface area contributed by atoms with E-state index in [1.807, 2.05) is 13.0 Å². The molecular weight excluding hydrogens is 307 g/mol. The summed E-state index contributed by atoms with van der Waals surface area (Å²) in [7, 11) is 0. The summed E-state index contributed by atoms with van der Waals surface area (Å²) in [5.74, 6) is 0.560. The first kappa shape index (κ1) is 16.9. The highest BCUT2D eigenvalue weighted by molar-refractivity contribution is 6.34. The zero-order valence-corrected chi connectivity index (χ0v) is 14.8. The van der Waals surface area contributed by atoms with Gasteiger partial charge in [-0.2, -0.15) is 0 Å². The molecule has 21 heavy (non-hydrogen) atoms. The SMILES string of the molecule is Cc1cc(Cl)nc(Cl)c1NC1CC(OCC(C)C)C1(C)C. The Hall–Kier alpha value is -0.510. The minimum atomic E-state index is 0.0737. The zero-order valence-electron chi connectivity index (χ0n) is 13.3. The molecule has 1 fully saturated rings. The summed E-state index contributed by atoms with van der Waals surface area (Å²) in [5, 5.41) is 4.37. The number of aromatic nitrogens is 1. The van der Waals surface area contributed by atoms with Crippen LogP contribution in [0.4, 0.5) is 5.69 Å². The number of rotatable bonds is 5. The van der Waals surface area contributed by atoms with Crippen molar-refractivity contribution in [2.45, 2.75) is 53.2 Å². The molecule has 1 aromatic rings. The lowest BCUT2D eigenvalue weighted by molar-refractivity contribution is -0.108. The van der Waals surface area contributed by atoms with Crippen molar-refractivity contribution < 1.29 is 4.74 Å². The molecule has 0 radical (unpaired) electrons. The van der Waals surface area contributed by atoms with Gasteiger partial charge in [0.1, 0.15) is 5.15 Å². The van der Waals surface area contributed by atoms with Gasteiger partial charge in [0.15, 0.2) is 5.15 Å². The van der Waals surface area contributed by atoms with Crippen molar-refractivity contribution >= 4 is 28.9 Å². The van der Waals surface area contributed by atoms with E-state index >= 15 is 0 Å². The second-order valence-corrected chi connectivity index (χ2v) is 7.64. The Labute approximate surface area is 137 Å². The number of anilines is 1. The minimum absolute atomic E-state index is 0.0737. The van der Waals surface area contributed by atoms with Gasteiger partial charge in [-0.05, 0) is 30.9 Å². The molecule has 2 atom stereocenters. The smallest absolute Gasteiger partial charge is 0.154 e. The molecule has 1 heterocycles. The van der Waals surface area contributed by atoms with Gasteiger partial charge in [-0.3, -0.25) is 0 Å². The molecule has 0 aromatic carbocycles. The Morgan fingerprint density at radius 3 is 2.62 bits per heavy atom. The molecule has 5 heteroatoms. The van der Waals surface area contributed by atoms with Gasteiger partial charge in [0.25, 0.3) is 0 Å². The van der Waals surface area contributed by atoms with Crippen LogP contribution in [0.3, 0.4) is 0 Å². The summed E-state index contributed by atoms with van der Waals surface area (Å²) in [6.07, 6.45) is 1.27. The zero-order chi connectivity index (χ0) is 15.8. The van der Waals surface area contributed by atoms with Crippen LogP contribution in [0, 0.1) is 18.3 Å². The molecule has 2 rings (SSSR count). The third-order valence-electron chi connectivity index (χ3n) is 4.27. The van der Waals surface area contributed by atoms with E-state index in [1.165, 1.54) is 0 Å². The molecule has 1 aromatic heterocycles. The van der Waals surface area contributed by atoms with Crippen molar-refractivity contribution in [3.63, 3.8) is 0 Å². The molecule has 0 spiro atoms. The Bertz CT molecular complexity index is 494. The van der Waals surface area contributed by atoms with Crippen molar-refractivity contribution in [2.75, 3.05) is 11.9 Å². The van der Waals surface area contributed by atoms with E-state index in [0.717, 1.165) is 24.3 Å². The number of halogens is 2. The van der Waals surface area contributed by atoms with Gasteiger partial charge in [-0.15, -0.1) is 0 Å². The summed E-state index contributed by atoms with van der Waals surface area (Å²) in [4.78, 5) is 4.11. The fraction of sp³-hybridized carbons (Fsp3) is 0.688. The summed E-state index contributed by atoms with van der Waals surface area (Å²) in [6, 6.07) is 2.16. The number of aryl methyl sites for hydroxylation is 1. The molecule has 0 aliphatic heterocycles. The average molecular weight is 331 g/mol. The maximum absolute atomic E-state index is 6.20. The van der Waals surface area contributed by atoms with Crippen LogP contribution in [0.1, 0.15) is 39.7 Å². The summed E-state index contributed by atoms with van der Waals surface area (Å²) in [6.45, 7) is 11.6. The molecule has 1 N–H and O–H groups in total. The van der Waals surface area contributed by atoms with Crippen LogP contribution in [0.2, 0.25) is 10.3 Å². The lowest BCUT2D eigenvalue weighted by Gasteiger charge is -2.52. The van der Waals surface area contributed by atoms with Crippen LogP contribution >= 0.6 is 23.2 Å². The summed E-state index contributed by atoms with van der Waals surface area (Å²) in [5.41, 5.74) is 1.97. The maximum Gasteiger partial charge on any atom is 0.154 e. The average Bonchev–Trinajstić information content (AvgIpc) is 2.34. The van der Waals surface area contributed by atoms with Gasteiger partial charge < -0.3 is 10.1 Å². The molecule has 1 aliphatic rings. The standard InChI is InChI=1S/C16H24Cl2N2O/c1-9(2)8-21-12-7-11(16(12,4)5)19-14-10(3)6-13(17)20-15(14)18/h6,9,11-12,19H,7-8H2,1-5H3. The monoisotopic (exact) mass is 330 g/mol. The highest BCUT2D eigenvalue weighted by Gasteiger charge is 2.49. The van der Waals surface area contributed by atoms with Crippen molar-refractivity contribution in [1.82, 2.24) is 4.98 Å². The van der Waals surface area contributed by atoms with Crippen LogP contribution in [0.15, 0.2) is 6.07 Å². The fourth-order valence-corrected chi connectivity index (χ4v) is 3.25. The highest BCUT2D eigenvalue weighted by Crippen LogP contribution is 2.45. The van der Waals surface area contributed by atoms with E-state index in [1.54, 1.807) is 0 Å². The van der Waals surface area contributed by atoms with E-state index in [-0.39, 0.29) is 11.5 Å². The first-order valence-electron chi connectivity index (χ1n) is 7.42. The number of hydrogen-bond donors (Lipinski definition) is 1. The number of pyridine rings is 1. The van der Waals surface area contributed by atoms with Gasteiger partial charge in [-0.1, -0.05) is 50.9 Å². The van der Waals surface area contributed by atoms with E-state index < -0.39 is 0 Å². The molecule has 3 nitrogen and oxygen atoms in total. The van der Waals surface area contributed by atoms with Gasteiger partial charge in [0.2, 0.25) is 0 Å². The first-order chi connectivity index (χ1) is 9.71. The molecule has 2 unspecified atom stereocenters. The maximum atomic E-state index is 6.20. The van der Waals surface area contributed by atoms with E-state index in [9.17, 15) is 0 Å². The Morgan fingerprint density at radius 1 is 1.43 bits per heavy atom. The van der Waals surface area contributed by atoms with Crippen molar-refractivity contribution in [3.8, 4) is 0 Å². The molecular formula is C16H24Cl2N2O. The molecule has 0 amide bonds. The molecule has 1 aliphatic carbocycles. The van der Waals surface area contributed by atoms with E-state index in [4.69, 9.17) is 27.9 Å². The molecule has 0 saturated heterocycles. The fourth-order valence-electron chi connectivity index (χ4n) is 2.66. The summed E-state index contributed by atoms with van der Waals surface area (Å²) >= 11 is 12.1. The molecule has 0 bridgehead atoms. The minimum Gasteiger partial charge on any atom is -0.379 e. The largest absolute Gasteiger partial charge is 0.379 e. The van der Waals surface area contributed by atoms with E-state index in [2.05, 4.69) is 38.0 Å². The normalized spacial score (nSPS) is 24.0. The van der Waals surface area contributed by atoms with Crippen molar-refractivity contribution in [2.24, 2.45) is 11.3 Å². The lowest BCUT2D eigenvalue weighted by Crippen LogP contribution is -2.58. The van der Waals surface area contributed by atoms with Gasteiger partial charge in [0.05, 0.1) is 11.8 Å². The van der Waals surface area contributed by atoms with Crippen molar-refractivity contribution in [3.05, 3.63) is 21.9 Å². The van der Waals surface area contributed by atoms with Crippen LogP contribution in [-0.4, -0.2) is 23.7 Å². The Kier molecular flexibility index (Phi) is 5.07. The predicted octanol–water partition coefficient (Wildman–Crippen LogP) is 4.95. The highest BCUT2D eigenvalue weighted by atomic mass is 35.5. The lowest BCUT2D eigenvalue weighted by atomic mass is 9.64. The first-order valence-corrected chi connectivity index (χ1v) is 8.18. The summed E-state index contributed by atoms with van der Waals surface area (Å²) < 4.78 is 5.99. The van der Waals surface area contributed by atoms with Gasteiger partial charge >= 0.3 is 0 Å². The predicted molar refractivity (Wildman–Crippen MR) is 89.4 cm³/mol. The van der Waals surface area contributed by atoms with Crippen LogP contribution < -0.4 is 5.32 Å². The van der Waals surface area contributed by atoms with E-state index in [0.29, 0.717) is 22.3 Å². The quantitative estimate of drug-likeness (QED) is 0.775. The second kappa shape index (κ2) is 6.31. The van der Waals surface area contributed by atoms with Crippen LogP contribution in [0.25, 0.3) is 0 Å². The molecule has 1 saturated carbocycles. The number of ether oxygens (including phenoxy) is 1. The topological polar surface area (TPSA) is 34.2 Å². The number of nitrogens with one attached hydrogen (secondary N) is 1. The Morgan fingerprint density at radius 2 is 2.10 bits per heavy atom. The van der Waals surface area contributed by atoms with Crippen LogP contribution in [0.5, 0.6) is 0 Å². The third-order valence-corrected chi connectivity index (χ3v) is 4.74.